The van der Waals surface area contributed by atoms with E-state index in [1.807, 2.05) is 6.92 Å². The molecule has 0 atom stereocenters. The molecule has 1 rings (SSSR count). The molecule has 0 aliphatic heterocycles. The fourth-order valence-corrected chi connectivity index (χ4v) is 1.05. The monoisotopic (exact) mass is 162 g/mol. The van der Waals surface area contributed by atoms with Gasteiger partial charge in [-0.25, -0.2) is 0 Å². The summed E-state index contributed by atoms with van der Waals surface area (Å²) in [5.74, 6) is 2.26. The number of carbonyl (C=O) groups is 1. The molecule has 3 nitrogen and oxygen atoms in total. The van der Waals surface area contributed by atoms with Crippen LogP contribution < -0.4 is 0 Å². The lowest BCUT2D eigenvalue weighted by Gasteiger charge is -1.95. The van der Waals surface area contributed by atoms with Crippen LogP contribution in [0.3, 0.4) is 0 Å². The molecule has 0 N–H and O–H groups in total. The first-order chi connectivity index (χ1) is 5.65. The molecule has 0 fully saturated rings. The van der Waals surface area contributed by atoms with Crippen LogP contribution in [0.4, 0.5) is 0 Å². The minimum absolute atomic E-state index is 0.0550. The number of hydrogen-bond donors (Lipinski definition) is 0. The Hall–Kier alpha value is -1.56. The van der Waals surface area contributed by atoms with Crippen LogP contribution in [-0.4, -0.2) is 15.6 Å². The molecule has 62 valence electrons. The molecule has 1 aromatic rings. The molecule has 0 aliphatic carbocycles. The molecule has 0 radical (unpaired) electrons. The fraction of sp³-hybridized carbons (Fsp3) is 0.333. The van der Waals surface area contributed by atoms with Gasteiger partial charge in [-0.2, -0.15) is 5.10 Å². The van der Waals surface area contributed by atoms with Crippen molar-refractivity contribution in [1.29, 1.82) is 0 Å². The zero-order valence-corrected chi connectivity index (χ0v) is 7.16. The SMILES string of the molecule is C#CCC(=O)c1cc(C)nn1C. The lowest BCUT2D eigenvalue weighted by Crippen LogP contribution is -2.05. The lowest BCUT2D eigenvalue weighted by atomic mass is 10.2. The summed E-state index contributed by atoms with van der Waals surface area (Å²) in [5, 5.41) is 4.04. The van der Waals surface area contributed by atoms with Gasteiger partial charge in [-0.05, 0) is 13.0 Å². The molecular formula is C9H10N2O. The number of rotatable bonds is 2. The third kappa shape index (κ3) is 1.54. The lowest BCUT2D eigenvalue weighted by molar-refractivity contribution is 0.0989. The van der Waals surface area contributed by atoms with E-state index in [0.29, 0.717) is 5.69 Å². The molecule has 0 spiro atoms. The smallest absolute Gasteiger partial charge is 0.192 e. The van der Waals surface area contributed by atoms with Crippen molar-refractivity contribution < 1.29 is 4.79 Å². The third-order valence-corrected chi connectivity index (χ3v) is 1.55. The van der Waals surface area contributed by atoms with Gasteiger partial charge >= 0.3 is 0 Å². The highest BCUT2D eigenvalue weighted by molar-refractivity contribution is 5.96. The van der Waals surface area contributed by atoms with E-state index < -0.39 is 0 Å². The summed E-state index contributed by atoms with van der Waals surface area (Å²) in [5.41, 5.74) is 1.41. The molecule has 12 heavy (non-hydrogen) atoms. The number of hydrogen-bond acceptors (Lipinski definition) is 2. The van der Waals surface area contributed by atoms with Crippen LogP contribution in [0.2, 0.25) is 0 Å². The van der Waals surface area contributed by atoms with Crippen LogP contribution in [-0.2, 0) is 7.05 Å². The van der Waals surface area contributed by atoms with Gasteiger partial charge in [-0.3, -0.25) is 9.48 Å². The zero-order chi connectivity index (χ0) is 9.14. The van der Waals surface area contributed by atoms with E-state index in [-0.39, 0.29) is 12.2 Å². The zero-order valence-electron chi connectivity index (χ0n) is 7.16. The van der Waals surface area contributed by atoms with Gasteiger partial charge in [0, 0.05) is 7.05 Å². The van der Waals surface area contributed by atoms with Crippen molar-refractivity contribution in [2.45, 2.75) is 13.3 Å². The molecular weight excluding hydrogens is 152 g/mol. The second-order valence-corrected chi connectivity index (χ2v) is 2.60. The minimum Gasteiger partial charge on any atom is -0.291 e. The quantitative estimate of drug-likeness (QED) is 0.479. The van der Waals surface area contributed by atoms with E-state index in [0.717, 1.165) is 5.69 Å². The van der Waals surface area contributed by atoms with E-state index >= 15 is 0 Å². The van der Waals surface area contributed by atoms with Crippen molar-refractivity contribution in [2.75, 3.05) is 0 Å². The molecule has 0 unspecified atom stereocenters. The summed E-state index contributed by atoms with van der Waals surface area (Å²) in [4.78, 5) is 11.3. The molecule has 1 aromatic heterocycles. The average Bonchev–Trinajstić information content (AvgIpc) is 2.30. The average molecular weight is 162 g/mol. The van der Waals surface area contributed by atoms with E-state index in [1.54, 1.807) is 17.8 Å². The van der Waals surface area contributed by atoms with E-state index in [2.05, 4.69) is 11.0 Å². The van der Waals surface area contributed by atoms with E-state index in [4.69, 9.17) is 6.42 Å². The Kier molecular flexibility index (Phi) is 2.29. The van der Waals surface area contributed by atoms with Gasteiger partial charge < -0.3 is 0 Å². The fourth-order valence-electron chi connectivity index (χ4n) is 1.05. The van der Waals surface area contributed by atoms with Crippen LogP contribution in [0.15, 0.2) is 6.07 Å². The van der Waals surface area contributed by atoms with Gasteiger partial charge in [0.15, 0.2) is 5.78 Å². The molecule has 0 aromatic carbocycles. The predicted octanol–water partition coefficient (Wildman–Crippen LogP) is 0.935. The van der Waals surface area contributed by atoms with Gasteiger partial charge in [-0.15, -0.1) is 6.42 Å². The minimum atomic E-state index is -0.0550. The van der Waals surface area contributed by atoms with Crippen molar-refractivity contribution in [3.8, 4) is 12.3 Å². The Morgan fingerprint density at radius 1 is 1.83 bits per heavy atom. The van der Waals surface area contributed by atoms with Crippen molar-refractivity contribution in [3.05, 3.63) is 17.5 Å². The maximum absolute atomic E-state index is 11.3. The first-order valence-corrected chi connectivity index (χ1v) is 3.62. The summed E-state index contributed by atoms with van der Waals surface area (Å²) in [6.07, 6.45) is 5.16. The third-order valence-electron chi connectivity index (χ3n) is 1.55. The van der Waals surface area contributed by atoms with Crippen molar-refractivity contribution in [2.24, 2.45) is 7.05 Å². The second-order valence-electron chi connectivity index (χ2n) is 2.60. The largest absolute Gasteiger partial charge is 0.291 e. The number of terminal acetylenes is 1. The van der Waals surface area contributed by atoms with E-state index in [1.165, 1.54) is 0 Å². The summed E-state index contributed by atoms with van der Waals surface area (Å²) < 4.78 is 1.55. The first kappa shape index (κ1) is 8.54. The van der Waals surface area contributed by atoms with Gasteiger partial charge in [0.25, 0.3) is 0 Å². The Labute approximate surface area is 71.4 Å². The summed E-state index contributed by atoms with van der Waals surface area (Å²) in [6, 6.07) is 1.74. The number of aryl methyl sites for hydroxylation is 2. The second kappa shape index (κ2) is 3.22. The molecule has 0 bridgehead atoms. The molecule has 1 heterocycles. The van der Waals surface area contributed by atoms with Crippen molar-refractivity contribution in [1.82, 2.24) is 9.78 Å². The molecule has 0 saturated heterocycles. The van der Waals surface area contributed by atoms with Crippen LogP contribution in [0, 0.1) is 19.3 Å². The highest BCUT2D eigenvalue weighted by Gasteiger charge is 2.09. The van der Waals surface area contributed by atoms with Crippen LogP contribution in [0.5, 0.6) is 0 Å². The molecule has 0 amide bonds. The Morgan fingerprint density at radius 2 is 2.50 bits per heavy atom. The molecule has 3 heteroatoms. The highest BCUT2D eigenvalue weighted by Crippen LogP contribution is 2.04. The number of nitrogens with zero attached hydrogens (tertiary/aromatic N) is 2. The molecule has 0 saturated carbocycles. The topological polar surface area (TPSA) is 34.9 Å². The summed E-state index contributed by atoms with van der Waals surface area (Å²) >= 11 is 0. The number of Topliss-reactive ketones (excluding diaryl/α,β-unsaturated/α-hetero) is 1. The van der Waals surface area contributed by atoms with E-state index in [9.17, 15) is 4.79 Å². The van der Waals surface area contributed by atoms with Crippen LogP contribution >= 0.6 is 0 Å². The number of aromatic nitrogens is 2. The molecule has 0 aliphatic rings. The summed E-state index contributed by atoms with van der Waals surface area (Å²) in [6.45, 7) is 1.84. The van der Waals surface area contributed by atoms with Gasteiger partial charge in [0.05, 0.1) is 12.1 Å². The van der Waals surface area contributed by atoms with Crippen LogP contribution in [0.1, 0.15) is 22.6 Å². The normalized spacial score (nSPS) is 9.42. The van der Waals surface area contributed by atoms with Crippen molar-refractivity contribution >= 4 is 5.78 Å². The van der Waals surface area contributed by atoms with Gasteiger partial charge in [-0.1, -0.05) is 5.92 Å². The summed E-state index contributed by atoms with van der Waals surface area (Å²) in [7, 11) is 1.73. The Balaban J connectivity index is 2.96. The number of ketones is 1. The first-order valence-electron chi connectivity index (χ1n) is 3.62. The van der Waals surface area contributed by atoms with Crippen molar-refractivity contribution in [3.63, 3.8) is 0 Å². The maximum Gasteiger partial charge on any atom is 0.192 e. The van der Waals surface area contributed by atoms with Crippen LogP contribution in [0.25, 0.3) is 0 Å². The maximum atomic E-state index is 11.3. The highest BCUT2D eigenvalue weighted by atomic mass is 16.1. The standard InChI is InChI=1S/C9H10N2O/c1-4-5-9(12)8-6-7(2)10-11(8)3/h1,6H,5H2,2-3H3. The van der Waals surface area contributed by atoms with Gasteiger partial charge in [0.1, 0.15) is 5.69 Å². The Morgan fingerprint density at radius 3 is 2.92 bits per heavy atom. The Bertz CT molecular complexity index is 344. The number of carbonyl (C=O) groups excluding carboxylic acids is 1. The predicted molar refractivity (Wildman–Crippen MR) is 45.7 cm³/mol. The van der Waals surface area contributed by atoms with Gasteiger partial charge in [0.2, 0.25) is 0 Å².